The maximum atomic E-state index is 9.95. The lowest BCUT2D eigenvalue weighted by Crippen LogP contribution is -1.84. The van der Waals surface area contributed by atoms with Gasteiger partial charge in [0.25, 0.3) is 0 Å². The van der Waals surface area contributed by atoms with Gasteiger partial charge in [0, 0.05) is 17.1 Å². The zero-order chi connectivity index (χ0) is 11.5. The third kappa shape index (κ3) is 1.87. The topological polar surface area (TPSA) is 53.4 Å². The number of aliphatic hydroxyl groups excluding tert-OH is 1. The molecule has 0 unspecified atom stereocenters. The molecule has 0 saturated carbocycles. The molecule has 0 saturated heterocycles. The van der Waals surface area contributed by atoms with E-state index in [-0.39, 0.29) is 12.4 Å². The molecule has 1 heterocycles. The van der Waals surface area contributed by atoms with Crippen LogP contribution in [-0.2, 0) is 0 Å². The first-order valence-electron chi connectivity index (χ1n) is 4.77. The molecule has 0 radical (unpaired) electrons. The van der Waals surface area contributed by atoms with Crippen molar-refractivity contribution in [2.24, 2.45) is 0 Å². The van der Waals surface area contributed by atoms with E-state index >= 15 is 0 Å². The highest BCUT2D eigenvalue weighted by atomic mass is 35.5. The standard InChI is InChI=1S/C12H10ClNO2/c13-10-7-8(3-2-6-15)12(16)11-9(10)4-1-5-14-11/h1-5,7,15-16H,6H2. The number of aromatic hydroxyl groups is 1. The molecule has 2 rings (SSSR count). The van der Waals surface area contributed by atoms with Gasteiger partial charge in [-0.05, 0) is 18.2 Å². The van der Waals surface area contributed by atoms with E-state index in [0.29, 0.717) is 21.5 Å². The fourth-order valence-corrected chi connectivity index (χ4v) is 1.78. The van der Waals surface area contributed by atoms with E-state index in [0.717, 1.165) is 0 Å². The number of hydrogen-bond donors (Lipinski definition) is 2. The van der Waals surface area contributed by atoms with Gasteiger partial charge in [-0.25, -0.2) is 0 Å². The summed E-state index contributed by atoms with van der Waals surface area (Å²) in [6, 6.07) is 5.20. The summed E-state index contributed by atoms with van der Waals surface area (Å²) in [7, 11) is 0. The molecule has 1 aromatic heterocycles. The second-order valence-corrected chi connectivity index (χ2v) is 3.69. The molecule has 4 heteroatoms. The van der Waals surface area contributed by atoms with Crippen LogP contribution in [0.4, 0.5) is 0 Å². The maximum Gasteiger partial charge on any atom is 0.149 e. The van der Waals surface area contributed by atoms with E-state index < -0.39 is 0 Å². The molecule has 16 heavy (non-hydrogen) atoms. The van der Waals surface area contributed by atoms with Crippen molar-refractivity contribution < 1.29 is 10.2 Å². The van der Waals surface area contributed by atoms with Crippen molar-refractivity contribution in [3.8, 4) is 5.75 Å². The molecule has 3 nitrogen and oxygen atoms in total. The number of halogens is 1. The fourth-order valence-electron chi connectivity index (χ4n) is 1.51. The summed E-state index contributed by atoms with van der Waals surface area (Å²) < 4.78 is 0. The zero-order valence-corrected chi connectivity index (χ0v) is 9.15. The van der Waals surface area contributed by atoms with E-state index in [4.69, 9.17) is 16.7 Å². The molecular formula is C12H10ClNO2. The Morgan fingerprint density at radius 3 is 3.00 bits per heavy atom. The average Bonchev–Trinajstić information content (AvgIpc) is 2.32. The number of aliphatic hydroxyl groups is 1. The minimum atomic E-state index is -0.0860. The van der Waals surface area contributed by atoms with Crippen LogP contribution in [0, 0.1) is 0 Å². The second kappa shape index (κ2) is 4.51. The van der Waals surface area contributed by atoms with Crippen LogP contribution in [0.2, 0.25) is 5.02 Å². The highest BCUT2D eigenvalue weighted by Gasteiger charge is 2.08. The third-order valence-corrected chi connectivity index (χ3v) is 2.56. The zero-order valence-electron chi connectivity index (χ0n) is 8.39. The van der Waals surface area contributed by atoms with Crippen molar-refractivity contribution >= 4 is 28.6 Å². The van der Waals surface area contributed by atoms with Gasteiger partial charge in [-0.1, -0.05) is 23.8 Å². The van der Waals surface area contributed by atoms with E-state index in [1.165, 1.54) is 6.08 Å². The molecule has 0 aliphatic heterocycles. The first kappa shape index (κ1) is 10.9. The van der Waals surface area contributed by atoms with E-state index in [1.807, 2.05) is 0 Å². The monoisotopic (exact) mass is 235 g/mol. The Morgan fingerprint density at radius 2 is 2.25 bits per heavy atom. The van der Waals surface area contributed by atoms with E-state index in [1.54, 1.807) is 30.5 Å². The molecule has 0 fully saturated rings. The number of rotatable bonds is 2. The first-order chi connectivity index (χ1) is 7.74. The van der Waals surface area contributed by atoms with Gasteiger partial charge in [0.05, 0.1) is 11.6 Å². The molecule has 1 aromatic carbocycles. The van der Waals surface area contributed by atoms with Gasteiger partial charge in [0.1, 0.15) is 11.3 Å². The summed E-state index contributed by atoms with van der Waals surface area (Å²) in [4.78, 5) is 4.08. The number of phenolic OH excluding ortho intramolecular Hbond substituents is 1. The highest BCUT2D eigenvalue weighted by Crippen LogP contribution is 2.33. The number of hydrogen-bond acceptors (Lipinski definition) is 3. The van der Waals surface area contributed by atoms with Gasteiger partial charge < -0.3 is 10.2 Å². The van der Waals surface area contributed by atoms with Gasteiger partial charge in [-0.15, -0.1) is 0 Å². The highest BCUT2D eigenvalue weighted by molar-refractivity contribution is 6.35. The Bertz CT molecular complexity index is 552. The minimum absolute atomic E-state index is 0.0738. The summed E-state index contributed by atoms with van der Waals surface area (Å²) in [5.74, 6) is 0.0738. The molecule has 0 amide bonds. The molecule has 0 bridgehead atoms. The fraction of sp³-hybridized carbons (Fsp3) is 0.0833. The summed E-state index contributed by atoms with van der Waals surface area (Å²) in [5.41, 5.74) is 1.01. The SMILES string of the molecule is OCC=Cc1cc(Cl)c2cccnc2c1O. The molecular weight excluding hydrogens is 226 g/mol. The molecule has 2 N–H and O–H groups in total. The lowest BCUT2D eigenvalue weighted by molar-refractivity contribution is 0.343. The van der Waals surface area contributed by atoms with Crippen LogP contribution in [0.5, 0.6) is 5.75 Å². The van der Waals surface area contributed by atoms with Crippen LogP contribution in [0.15, 0.2) is 30.5 Å². The van der Waals surface area contributed by atoms with Crippen LogP contribution in [0.3, 0.4) is 0 Å². The molecule has 0 spiro atoms. The smallest absolute Gasteiger partial charge is 0.149 e. The largest absolute Gasteiger partial charge is 0.505 e. The summed E-state index contributed by atoms with van der Waals surface area (Å²) in [6.45, 7) is -0.0860. The number of fused-ring (bicyclic) bond motifs is 1. The van der Waals surface area contributed by atoms with E-state index in [9.17, 15) is 5.11 Å². The van der Waals surface area contributed by atoms with Gasteiger partial charge in [0.2, 0.25) is 0 Å². The predicted octanol–water partition coefficient (Wildman–Crippen LogP) is 2.60. The molecule has 2 aromatic rings. The van der Waals surface area contributed by atoms with Crippen molar-refractivity contribution in [3.63, 3.8) is 0 Å². The summed E-state index contributed by atoms with van der Waals surface area (Å²) in [6.07, 6.45) is 4.73. The number of nitrogens with zero attached hydrogens (tertiary/aromatic N) is 1. The average molecular weight is 236 g/mol. The Hall–Kier alpha value is -1.58. The van der Waals surface area contributed by atoms with Gasteiger partial charge in [-0.2, -0.15) is 0 Å². The Morgan fingerprint density at radius 1 is 1.44 bits per heavy atom. The lowest BCUT2D eigenvalue weighted by Gasteiger charge is -2.05. The Labute approximate surface area is 97.6 Å². The number of phenols is 1. The predicted molar refractivity (Wildman–Crippen MR) is 64.5 cm³/mol. The van der Waals surface area contributed by atoms with Crippen LogP contribution in [-0.4, -0.2) is 21.8 Å². The van der Waals surface area contributed by atoms with Gasteiger partial charge >= 0.3 is 0 Å². The number of benzene rings is 1. The first-order valence-corrected chi connectivity index (χ1v) is 5.15. The molecule has 82 valence electrons. The normalized spacial score (nSPS) is 11.4. The quantitative estimate of drug-likeness (QED) is 0.841. The van der Waals surface area contributed by atoms with Crippen molar-refractivity contribution in [3.05, 3.63) is 41.1 Å². The van der Waals surface area contributed by atoms with Crippen molar-refractivity contribution in [2.75, 3.05) is 6.61 Å². The van der Waals surface area contributed by atoms with Gasteiger partial charge in [-0.3, -0.25) is 4.98 Å². The van der Waals surface area contributed by atoms with Crippen LogP contribution < -0.4 is 0 Å². The minimum Gasteiger partial charge on any atom is -0.505 e. The molecule has 0 aliphatic carbocycles. The summed E-state index contributed by atoms with van der Waals surface area (Å²) in [5, 5.41) is 19.9. The number of pyridine rings is 1. The third-order valence-electron chi connectivity index (χ3n) is 2.25. The van der Waals surface area contributed by atoms with Crippen LogP contribution in [0.1, 0.15) is 5.56 Å². The van der Waals surface area contributed by atoms with Crippen LogP contribution >= 0.6 is 11.6 Å². The van der Waals surface area contributed by atoms with Crippen molar-refractivity contribution in [2.45, 2.75) is 0 Å². The van der Waals surface area contributed by atoms with Crippen molar-refractivity contribution in [1.82, 2.24) is 4.98 Å². The Kier molecular flexibility index (Phi) is 3.08. The summed E-state index contributed by atoms with van der Waals surface area (Å²) >= 11 is 6.07. The van der Waals surface area contributed by atoms with Gasteiger partial charge in [0.15, 0.2) is 0 Å². The molecule has 0 atom stereocenters. The molecule has 0 aliphatic rings. The second-order valence-electron chi connectivity index (χ2n) is 3.28. The Balaban J connectivity index is 2.70. The number of aromatic nitrogens is 1. The lowest BCUT2D eigenvalue weighted by atomic mass is 10.1. The van der Waals surface area contributed by atoms with Crippen molar-refractivity contribution in [1.29, 1.82) is 0 Å². The van der Waals surface area contributed by atoms with E-state index in [2.05, 4.69) is 4.98 Å². The maximum absolute atomic E-state index is 9.95. The van der Waals surface area contributed by atoms with Crippen LogP contribution in [0.25, 0.3) is 17.0 Å².